The molecular weight excluding hydrogens is 270 g/mol. The van der Waals surface area contributed by atoms with Crippen molar-refractivity contribution in [2.75, 3.05) is 14.1 Å². The van der Waals surface area contributed by atoms with Crippen molar-refractivity contribution in [2.45, 2.75) is 59.0 Å². The molecule has 0 saturated carbocycles. The van der Waals surface area contributed by atoms with E-state index >= 15 is 0 Å². The molecule has 0 fully saturated rings. The molecule has 0 aromatic rings. The van der Waals surface area contributed by atoms with Gasteiger partial charge in [0.05, 0.1) is 0 Å². The van der Waals surface area contributed by atoms with Gasteiger partial charge in [0.15, 0.2) is 0 Å². The average molecular weight is 299 g/mol. The number of amides is 3. The van der Waals surface area contributed by atoms with Gasteiger partial charge in [-0.2, -0.15) is 0 Å². The Balaban J connectivity index is 4.94. The van der Waals surface area contributed by atoms with Crippen LogP contribution in [0.4, 0.5) is 0 Å². The zero-order valence-corrected chi connectivity index (χ0v) is 14.0. The highest BCUT2D eigenvalue weighted by Crippen LogP contribution is 2.13. The third kappa shape index (κ3) is 5.73. The van der Waals surface area contributed by atoms with Gasteiger partial charge in [-0.1, -0.05) is 20.8 Å². The molecule has 0 radical (unpaired) electrons. The normalized spacial score (nSPS) is 13.7. The second-order valence-electron chi connectivity index (χ2n) is 5.93. The summed E-state index contributed by atoms with van der Waals surface area (Å²) in [6, 6.07) is -1.25. The first-order valence-electron chi connectivity index (χ1n) is 7.45. The first-order chi connectivity index (χ1) is 9.63. The highest BCUT2D eigenvalue weighted by molar-refractivity contribution is 5.91. The van der Waals surface area contributed by atoms with Gasteiger partial charge in [-0.3, -0.25) is 14.4 Å². The molecule has 0 bridgehead atoms. The van der Waals surface area contributed by atoms with E-state index in [2.05, 4.69) is 0 Å². The number of nitrogens with two attached hydrogens (primary N) is 1. The van der Waals surface area contributed by atoms with E-state index in [0.29, 0.717) is 12.8 Å². The zero-order chi connectivity index (χ0) is 16.7. The summed E-state index contributed by atoms with van der Waals surface area (Å²) < 4.78 is 0. The van der Waals surface area contributed by atoms with Gasteiger partial charge in [0.25, 0.3) is 0 Å². The van der Waals surface area contributed by atoms with Crippen LogP contribution in [0.5, 0.6) is 0 Å². The second-order valence-corrected chi connectivity index (χ2v) is 5.93. The molecule has 3 amide bonds. The molecule has 2 N–H and O–H groups in total. The maximum Gasteiger partial charge on any atom is 0.245 e. The molecule has 0 aliphatic carbocycles. The third-order valence-electron chi connectivity index (χ3n) is 3.63. The molecule has 0 aromatic heterocycles. The predicted molar refractivity (Wildman–Crippen MR) is 82.3 cm³/mol. The molecule has 6 nitrogen and oxygen atoms in total. The van der Waals surface area contributed by atoms with Crippen molar-refractivity contribution in [2.24, 2.45) is 11.7 Å². The fourth-order valence-corrected chi connectivity index (χ4v) is 2.13. The van der Waals surface area contributed by atoms with Crippen molar-refractivity contribution < 1.29 is 14.4 Å². The van der Waals surface area contributed by atoms with E-state index in [9.17, 15) is 14.4 Å². The van der Waals surface area contributed by atoms with Gasteiger partial charge in [0.1, 0.15) is 12.1 Å². The summed E-state index contributed by atoms with van der Waals surface area (Å²) in [6.07, 6.45) is 1.65. The topological polar surface area (TPSA) is 83.7 Å². The Morgan fingerprint density at radius 2 is 1.57 bits per heavy atom. The Kier molecular flexibility index (Phi) is 7.99. The van der Waals surface area contributed by atoms with Gasteiger partial charge < -0.3 is 15.5 Å². The number of nitrogens with zero attached hydrogens (tertiary/aromatic N) is 2. The van der Waals surface area contributed by atoms with Crippen LogP contribution in [0.2, 0.25) is 0 Å². The molecule has 0 heterocycles. The summed E-state index contributed by atoms with van der Waals surface area (Å²) >= 11 is 0. The average Bonchev–Trinajstić information content (AvgIpc) is 2.41. The SMILES string of the molecule is CCCC(=O)N(C)[C@H](C)C(=O)N(C)[C@@H](CC(C)C)C(N)=O. The number of carbonyl (C=O) groups is 3. The summed E-state index contributed by atoms with van der Waals surface area (Å²) in [5, 5.41) is 0. The molecule has 0 aliphatic heterocycles. The minimum Gasteiger partial charge on any atom is -0.368 e. The lowest BCUT2D eigenvalue weighted by molar-refractivity contribution is -0.146. The van der Waals surface area contributed by atoms with Crippen LogP contribution < -0.4 is 5.73 Å². The molecule has 0 saturated heterocycles. The van der Waals surface area contributed by atoms with E-state index in [1.54, 1.807) is 21.0 Å². The van der Waals surface area contributed by atoms with Crippen molar-refractivity contribution in [1.82, 2.24) is 9.80 Å². The van der Waals surface area contributed by atoms with Crippen molar-refractivity contribution >= 4 is 17.7 Å². The Morgan fingerprint density at radius 3 is 1.95 bits per heavy atom. The Hall–Kier alpha value is -1.59. The molecule has 0 unspecified atom stereocenters. The van der Waals surface area contributed by atoms with Crippen molar-refractivity contribution in [3.05, 3.63) is 0 Å². The molecule has 0 spiro atoms. The lowest BCUT2D eigenvalue weighted by Gasteiger charge is -2.32. The first kappa shape index (κ1) is 19.4. The smallest absolute Gasteiger partial charge is 0.245 e. The van der Waals surface area contributed by atoms with Crippen LogP contribution in [0.15, 0.2) is 0 Å². The first-order valence-corrected chi connectivity index (χ1v) is 7.45. The van der Waals surface area contributed by atoms with Crippen LogP contribution in [-0.2, 0) is 14.4 Å². The molecule has 0 aliphatic rings. The lowest BCUT2D eigenvalue weighted by atomic mass is 10.0. The fraction of sp³-hybridized carbons (Fsp3) is 0.800. The second kappa shape index (κ2) is 8.64. The van der Waals surface area contributed by atoms with Crippen LogP contribution >= 0.6 is 0 Å². The minimum atomic E-state index is -0.644. The van der Waals surface area contributed by atoms with E-state index in [1.165, 1.54) is 9.80 Å². The fourth-order valence-electron chi connectivity index (χ4n) is 2.13. The van der Waals surface area contributed by atoms with Gasteiger partial charge >= 0.3 is 0 Å². The maximum atomic E-state index is 12.4. The van der Waals surface area contributed by atoms with Gasteiger partial charge in [-0.05, 0) is 25.7 Å². The summed E-state index contributed by atoms with van der Waals surface area (Å²) in [5.74, 6) is -0.626. The van der Waals surface area contributed by atoms with Crippen molar-refractivity contribution in [1.29, 1.82) is 0 Å². The van der Waals surface area contributed by atoms with Crippen LogP contribution in [0.3, 0.4) is 0 Å². The zero-order valence-electron chi connectivity index (χ0n) is 14.0. The number of primary amides is 1. The van der Waals surface area contributed by atoms with Crippen molar-refractivity contribution in [3.63, 3.8) is 0 Å². The van der Waals surface area contributed by atoms with E-state index in [1.807, 2.05) is 20.8 Å². The third-order valence-corrected chi connectivity index (χ3v) is 3.63. The molecular formula is C15H29N3O3. The molecule has 6 heteroatoms. The Morgan fingerprint density at radius 1 is 1.05 bits per heavy atom. The summed E-state index contributed by atoms with van der Waals surface area (Å²) in [5.41, 5.74) is 5.39. The quantitative estimate of drug-likeness (QED) is 0.725. The van der Waals surface area contributed by atoms with Gasteiger partial charge in [0.2, 0.25) is 17.7 Å². The van der Waals surface area contributed by atoms with E-state index in [4.69, 9.17) is 5.73 Å². The number of likely N-dealkylation sites (N-methyl/N-ethyl adjacent to an activating group) is 2. The van der Waals surface area contributed by atoms with Gasteiger partial charge in [-0.15, -0.1) is 0 Å². The molecule has 122 valence electrons. The number of hydrogen-bond acceptors (Lipinski definition) is 3. The molecule has 21 heavy (non-hydrogen) atoms. The lowest BCUT2D eigenvalue weighted by Crippen LogP contribution is -2.53. The van der Waals surface area contributed by atoms with Crippen LogP contribution in [-0.4, -0.2) is 53.7 Å². The van der Waals surface area contributed by atoms with E-state index < -0.39 is 18.0 Å². The summed E-state index contributed by atoms with van der Waals surface area (Å²) in [6.45, 7) is 7.51. The summed E-state index contributed by atoms with van der Waals surface area (Å²) in [4.78, 5) is 38.6. The molecule has 0 aromatic carbocycles. The van der Waals surface area contributed by atoms with Crippen LogP contribution in [0, 0.1) is 5.92 Å². The van der Waals surface area contributed by atoms with Crippen LogP contribution in [0.1, 0.15) is 47.0 Å². The standard InChI is InChI=1S/C15H29N3O3/c1-7-8-13(19)17(5)11(4)15(21)18(6)12(14(16)20)9-10(2)3/h10-12H,7-9H2,1-6H3,(H2,16,20)/t11-,12+/m1/s1. The van der Waals surface area contributed by atoms with Gasteiger partial charge in [0, 0.05) is 20.5 Å². The Labute approximate surface area is 127 Å². The largest absolute Gasteiger partial charge is 0.368 e. The number of hydrogen-bond donors (Lipinski definition) is 1. The molecule has 0 rings (SSSR count). The maximum absolute atomic E-state index is 12.4. The number of carbonyl (C=O) groups excluding carboxylic acids is 3. The van der Waals surface area contributed by atoms with E-state index in [-0.39, 0.29) is 17.7 Å². The monoisotopic (exact) mass is 299 g/mol. The van der Waals surface area contributed by atoms with E-state index in [0.717, 1.165) is 6.42 Å². The van der Waals surface area contributed by atoms with Crippen molar-refractivity contribution in [3.8, 4) is 0 Å². The van der Waals surface area contributed by atoms with Crippen LogP contribution in [0.25, 0.3) is 0 Å². The Bertz CT molecular complexity index is 382. The highest BCUT2D eigenvalue weighted by Gasteiger charge is 2.31. The highest BCUT2D eigenvalue weighted by atomic mass is 16.2. The number of rotatable bonds is 8. The molecule has 2 atom stereocenters. The van der Waals surface area contributed by atoms with Gasteiger partial charge in [-0.25, -0.2) is 0 Å². The predicted octanol–water partition coefficient (Wildman–Crippen LogP) is 0.992. The minimum absolute atomic E-state index is 0.0776. The summed E-state index contributed by atoms with van der Waals surface area (Å²) in [7, 11) is 3.17.